The zero-order chi connectivity index (χ0) is 18.5. The van der Waals surface area contributed by atoms with Crippen molar-refractivity contribution in [3.63, 3.8) is 0 Å². The Morgan fingerprint density at radius 3 is 2.69 bits per heavy atom. The van der Waals surface area contributed by atoms with Crippen LogP contribution in [0.4, 0.5) is 5.69 Å². The van der Waals surface area contributed by atoms with E-state index in [2.05, 4.69) is 22.1 Å². The second-order valence-electron chi connectivity index (χ2n) is 6.34. The van der Waals surface area contributed by atoms with Gasteiger partial charge in [0.15, 0.2) is 0 Å². The van der Waals surface area contributed by atoms with Crippen LogP contribution < -0.4 is 5.32 Å². The number of anilines is 1. The van der Waals surface area contributed by atoms with Crippen molar-refractivity contribution < 1.29 is 9.59 Å². The first-order valence-electron chi connectivity index (χ1n) is 8.66. The maximum Gasteiger partial charge on any atom is 0.247 e. The molecule has 3 rings (SSSR count). The minimum atomic E-state index is -0.280. The van der Waals surface area contributed by atoms with Gasteiger partial charge in [0.1, 0.15) is 10.0 Å². The molecule has 1 aliphatic rings. The van der Waals surface area contributed by atoms with Crippen LogP contribution in [0.25, 0.3) is 0 Å². The molecule has 6 nitrogen and oxygen atoms in total. The molecule has 1 aliphatic heterocycles. The summed E-state index contributed by atoms with van der Waals surface area (Å²) in [5.74, 6) is 0.194. The molecular weight excluding hydrogens is 348 g/mol. The highest BCUT2D eigenvalue weighted by Crippen LogP contribution is 2.30. The first-order valence-corrected chi connectivity index (χ1v) is 9.47. The number of hydrogen-bond acceptors (Lipinski definition) is 5. The van der Waals surface area contributed by atoms with E-state index in [4.69, 9.17) is 0 Å². The molecule has 1 saturated heterocycles. The van der Waals surface area contributed by atoms with Crippen molar-refractivity contribution in [3.8, 4) is 0 Å². The van der Waals surface area contributed by atoms with Crippen LogP contribution in [0, 0.1) is 6.92 Å². The lowest BCUT2D eigenvalue weighted by atomic mass is 9.97. The fourth-order valence-corrected chi connectivity index (χ4v) is 3.98. The number of nitrogens with one attached hydrogen (secondary N) is 1. The zero-order valence-electron chi connectivity index (χ0n) is 14.8. The van der Waals surface area contributed by atoms with Crippen molar-refractivity contribution in [1.29, 1.82) is 0 Å². The van der Waals surface area contributed by atoms with E-state index in [1.807, 2.05) is 30.0 Å². The van der Waals surface area contributed by atoms with Gasteiger partial charge in [-0.3, -0.25) is 9.59 Å². The normalized spacial score (nSPS) is 14.9. The first kappa shape index (κ1) is 18.3. The van der Waals surface area contributed by atoms with Crippen molar-refractivity contribution in [2.24, 2.45) is 0 Å². The molecule has 0 bridgehead atoms. The molecule has 0 atom stereocenters. The number of para-hydroxylation sites is 1. The lowest BCUT2D eigenvalue weighted by Gasteiger charge is -2.31. The van der Waals surface area contributed by atoms with Gasteiger partial charge in [-0.1, -0.05) is 24.8 Å². The van der Waals surface area contributed by atoms with Crippen LogP contribution in [0.5, 0.6) is 0 Å². The Kier molecular flexibility index (Phi) is 5.78. The molecule has 7 heteroatoms. The first-order chi connectivity index (χ1) is 12.6. The Morgan fingerprint density at radius 2 is 2.04 bits per heavy atom. The minimum Gasteiger partial charge on any atom is -0.342 e. The van der Waals surface area contributed by atoms with E-state index < -0.39 is 0 Å². The molecule has 2 heterocycles. The van der Waals surface area contributed by atoms with Crippen LogP contribution in [-0.2, 0) is 16.0 Å². The Balaban J connectivity index is 1.59. The summed E-state index contributed by atoms with van der Waals surface area (Å²) in [6.45, 7) is 6.87. The van der Waals surface area contributed by atoms with Crippen molar-refractivity contribution in [2.75, 3.05) is 18.4 Å². The van der Waals surface area contributed by atoms with E-state index in [1.165, 1.54) is 6.08 Å². The van der Waals surface area contributed by atoms with Crippen LogP contribution in [0.3, 0.4) is 0 Å². The molecule has 0 aliphatic carbocycles. The number of aryl methyl sites for hydroxylation is 1. The monoisotopic (exact) mass is 370 g/mol. The topological polar surface area (TPSA) is 75.2 Å². The fourth-order valence-electron chi connectivity index (χ4n) is 3.11. The Labute approximate surface area is 156 Å². The summed E-state index contributed by atoms with van der Waals surface area (Å²) in [6, 6.07) is 7.37. The average molecular weight is 370 g/mol. The molecule has 1 fully saturated rings. The quantitative estimate of drug-likeness (QED) is 0.821. The molecule has 136 valence electrons. The fraction of sp³-hybridized carbons (Fsp3) is 0.368. The van der Waals surface area contributed by atoms with Gasteiger partial charge in [0.25, 0.3) is 0 Å². The summed E-state index contributed by atoms with van der Waals surface area (Å²) < 4.78 is 0. The second-order valence-corrected chi connectivity index (χ2v) is 7.55. The van der Waals surface area contributed by atoms with Crippen molar-refractivity contribution >= 4 is 28.8 Å². The number of hydrogen-bond donors (Lipinski definition) is 1. The molecule has 0 unspecified atom stereocenters. The van der Waals surface area contributed by atoms with Gasteiger partial charge in [-0.05, 0) is 37.5 Å². The van der Waals surface area contributed by atoms with Crippen LogP contribution in [0.15, 0.2) is 36.9 Å². The molecule has 0 radical (unpaired) electrons. The zero-order valence-corrected chi connectivity index (χ0v) is 15.6. The van der Waals surface area contributed by atoms with Gasteiger partial charge in [0.05, 0.1) is 6.42 Å². The van der Waals surface area contributed by atoms with Crippen LogP contribution >= 0.6 is 11.3 Å². The lowest BCUT2D eigenvalue weighted by Crippen LogP contribution is -2.38. The van der Waals surface area contributed by atoms with E-state index in [9.17, 15) is 9.59 Å². The highest BCUT2D eigenvalue weighted by atomic mass is 32.1. The number of benzene rings is 1. The molecule has 1 aromatic heterocycles. The molecule has 2 aromatic rings. The van der Waals surface area contributed by atoms with E-state index in [-0.39, 0.29) is 18.2 Å². The number of piperidine rings is 1. The second kappa shape index (κ2) is 8.23. The van der Waals surface area contributed by atoms with Gasteiger partial charge >= 0.3 is 0 Å². The number of carbonyl (C=O) groups excluding carboxylic acids is 2. The SMILES string of the molecule is C=CC(=O)Nc1ccccc1CC(=O)N1CCC(c2nnc(C)s2)CC1. The average Bonchev–Trinajstić information content (AvgIpc) is 3.09. The number of likely N-dealkylation sites (tertiary alicyclic amines) is 1. The van der Waals surface area contributed by atoms with Crippen molar-refractivity contribution in [3.05, 3.63) is 52.5 Å². The predicted molar refractivity (Wildman–Crippen MR) is 102 cm³/mol. The number of nitrogens with zero attached hydrogens (tertiary/aromatic N) is 3. The third-order valence-electron chi connectivity index (χ3n) is 4.54. The maximum absolute atomic E-state index is 12.7. The summed E-state index contributed by atoms with van der Waals surface area (Å²) >= 11 is 1.64. The molecule has 2 amide bonds. The Morgan fingerprint density at radius 1 is 1.31 bits per heavy atom. The molecule has 1 aromatic carbocycles. The van der Waals surface area contributed by atoms with Crippen molar-refractivity contribution in [1.82, 2.24) is 15.1 Å². The van der Waals surface area contributed by atoms with Gasteiger partial charge in [0, 0.05) is 24.7 Å². The van der Waals surface area contributed by atoms with Crippen LogP contribution in [0.2, 0.25) is 0 Å². The number of carbonyl (C=O) groups is 2. The summed E-state index contributed by atoms with van der Waals surface area (Å²) in [5, 5.41) is 13.1. The third kappa shape index (κ3) is 4.35. The summed E-state index contributed by atoms with van der Waals surface area (Å²) in [5.41, 5.74) is 1.47. The standard InChI is InChI=1S/C19H22N4O2S/c1-3-17(24)20-16-7-5-4-6-15(16)12-18(25)23-10-8-14(9-11-23)19-22-21-13(2)26-19/h3-7,14H,1,8-12H2,2H3,(H,20,24). The molecule has 0 saturated carbocycles. The number of aromatic nitrogens is 2. The highest BCUT2D eigenvalue weighted by Gasteiger charge is 2.26. The Bertz CT molecular complexity index is 809. The van der Waals surface area contributed by atoms with E-state index in [0.29, 0.717) is 11.6 Å². The summed E-state index contributed by atoms with van der Waals surface area (Å²) in [4.78, 5) is 26.1. The number of rotatable bonds is 5. The molecule has 1 N–H and O–H groups in total. The summed E-state index contributed by atoms with van der Waals surface area (Å²) in [6.07, 6.45) is 3.32. The number of amides is 2. The van der Waals surface area contributed by atoms with E-state index in [0.717, 1.165) is 41.5 Å². The lowest BCUT2D eigenvalue weighted by molar-refractivity contribution is -0.131. The Hall–Kier alpha value is -2.54. The summed E-state index contributed by atoms with van der Waals surface area (Å²) in [7, 11) is 0. The van der Waals surface area contributed by atoms with Crippen molar-refractivity contribution in [2.45, 2.75) is 32.1 Å². The smallest absolute Gasteiger partial charge is 0.247 e. The van der Waals surface area contributed by atoms with Crippen LogP contribution in [-0.4, -0.2) is 40.0 Å². The predicted octanol–water partition coefficient (Wildman–Crippen LogP) is 2.92. The van der Waals surface area contributed by atoms with Gasteiger partial charge in [0.2, 0.25) is 11.8 Å². The van der Waals surface area contributed by atoms with Gasteiger partial charge in [-0.15, -0.1) is 21.5 Å². The van der Waals surface area contributed by atoms with E-state index >= 15 is 0 Å². The van der Waals surface area contributed by atoms with Crippen LogP contribution in [0.1, 0.15) is 34.3 Å². The maximum atomic E-state index is 12.7. The molecule has 26 heavy (non-hydrogen) atoms. The largest absolute Gasteiger partial charge is 0.342 e. The highest BCUT2D eigenvalue weighted by molar-refractivity contribution is 7.11. The minimum absolute atomic E-state index is 0.0807. The van der Waals surface area contributed by atoms with Gasteiger partial charge in [-0.25, -0.2) is 0 Å². The van der Waals surface area contributed by atoms with E-state index in [1.54, 1.807) is 17.4 Å². The third-order valence-corrected chi connectivity index (χ3v) is 5.54. The van der Waals surface area contributed by atoms with Gasteiger partial charge < -0.3 is 10.2 Å². The molecular formula is C19H22N4O2S. The molecule has 0 spiro atoms. The van der Waals surface area contributed by atoms with Gasteiger partial charge in [-0.2, -0.15) is 0 Å².